The SMILES string of the molecule is CC1=C(C(=O)OCc2ccccc2)[C@H]2CC[C@H](CCc3ccccc3)N2C(=O)N1. The van der Waals surface area contributed by atoms with E-state index < -0.39 is 0 Å². The monoisotopic (exact) mass is 390 g/mol. The van der Waals surface area contributed by atoms with E-state index in [-0.39, 0.29) is 30.7 Å². The number of amides is 2. The molecule has 1 saturated heterocycles. The number of ether oxygens (including phenoxy) is 1. The molecule has 150 valence electrons. The van der Waals surface area contributed by atoms with Gasteiger partial charge in [-0.2, -0.15) is 0 Å². The molecule has 0 aliphatic carbocycles. The molecule has 5 heteroatoms. The minimum atomic E-state index is -0.343. The third kappa shape index (κ3) is 4.19. The van der Waals surface area contributed by atoms with Crippen LogP contribution in [0.15, 0.2) is 71.9 Å². The predicted molar refractivity (Wildman–Crippen MR) is 111 cm³/mol. The molecular weight excluding hydrogens is 364 g/mol. The van der Waals surface area contributed by atoms with Crippen molar-refractivity contribution in [3.63, 3.8) is 0 Å². The molecule has 0 spiro atoms. The molecule has 0 aromatic heterocycles. The minimum absolute atomic E-state index is 0.109. The molecule has 1 N–H and O–H groups in total. The summed E-state index contributed by atoms with van der Waals surface area (Å²) in [6, 6.07) is 19.8. The molecule has 0 saturated carbocycles. The van der Waals surface area contributed by atoms with E-state index in [1.165, 1.54) is 5.56 Å². The summed E-state index contributed by atoms with van der Waals surface area (Å²) in [4.78, 5) is 27.4. The summed E-state index contributed by atoms with van der Waals surface area (Å²) in [7, 11) is 0. The lowest BCUT2D eigenvalue weighted by Crippen LogP contribution is -2.52. The lowest BCUT2D eigenvalue weighted by atomic mass is 10.0. The summed E-state index contributed by atoms with van der Waals surface area (Å²) >= 11 is 0. The number of hydrogen-bond donors (Lipinski definition) is 1. The highest BCUT2D eigenvalue weighted by Gasteiger charge is 2.44. The Morgan fingerprint density at radius 3 is 2.38 bits per heavy atom. The summed E-state index contributed by atoms with van der Waals surface area (Å²) in [6.45, 7) is 2.01. The van der Waals surface area contributed by atoms with Crippen molar-refractivity contribution in [1.29, 1.82) is 0 Å². The quantitative estimate of drug-likeness (QED) is 0.753. The van der Waals surface area contributed by atoms with E-state index in [2.05, 4.69) is 17.4 Å². The molecule has 0 bridgehead atoms. The van der Waals surface area contributed by atoms with E-state index in [0.717, 1.165) is 31.2 Å². The number of carbonyl (C=O) groups excluding carboxylic acids is 2. The normalized spacial score (nSPS) is 21.0. The van der Waals surface area contributed by atoms with Gasteiger partial charge in [-0.1, -0.05) is 60.7 Å². The first-order valence-corrected chi connectivity index (χ1v) is 10.2. The van der Waals surface area contributed by atoms with Gasteiger partial charge in [0.25, 0.3) is 0 Å². The van der Waals surface area contributed by atoms with Gasteiger partial charge in [-0.3, -0.25) is 0 Å². The van der Waals surface area contributed by atoms with Gasteiger partial charge in [0, 0.05) is 11.7 Å². The predicted octanol–water partition coefficient (Wildman–Crippen LogP) is 4.19. The van der Waals surface area contributed by atoms with E-state index in [9.17, 15) is 9.59 Å². The number of urea groups is 1. The molecule has 5 nitrogen and oxygen atoms in total. The number of benzene rings is 2. The van der Waals surface area contributed by atoms with Crippen molar-refractivity contribution < 1.29 is 14.3 Å². The fraction of sp³-hybridized carbons (Fsp3) is 0.333. The molecule has 2 aliphatic rings. The van der Waals surface area contributed by atoms with Gasteiger partial charge in [0.2, 0.25) is 0 Å². The second-order valence-corrected chi connectivity index (χ2v) is 7.71. The highest BCUT2D eigenvalue weighted by atomic mass is 16.5. The Hall–Kier alpha value is -3.08. The number of rotatable bonds is 6. The Labute approximate surface area is 171 Å². The Bertz CT molecular complexity index is 908. The molecule has 0 radical (unpaired) electrons. The number of fused-ring (bicyclic) bond motifs is 1. The highest BCUT2D eigenvalue weighted by Crippen LogP contribution is 2.35. The lowest BCUT2D eigenvalue weighted by molar-refractivity contribution is -0.141. The number of hydrogen-bond acceptors (Lipinski definition) is 3. The van der Waals surface area contributed by atoms with Gasteiger partial charge in [-0.15, -0.1) is 0 Å². The Balaban J connectivity index is 1.44. The Morgan fingerprint density at radius 1 is 1.03 bits per heavy atom. The summed E-state index contributed by atoms with van der Waals surface area (Å²) in [5.74, 6) is -0.343. The van der Waals surface area contributed by atoms with E-state index >= 15 is 0 Å². The first kappa shape index (κ1) is 19.2. The largest absolute Gasteiger partial charge is 0.457 e. The summed E-state index contributed by atoms with van der Waals surface area (Å²) in [5.41, 5.74) is 3.41. The van der Waals surface area contributed by atoms with Gasteiger partial charge in [-0.25, -0.2) is 9.59 Å². The third-order valence-corrected chi connectivity index (χ3v) is 5.81. The van der Waals surface area contributed by atoms with Crippen molar-refractivity contribution in [1.82, 2.24) is 10.2 Å². The number of nitrogens with one attached hydrogen (secondary N) is 1. The summed E-state index contributed by atoms with van der Waals surface area (Å²) in [6.07, 6.45) is 3.49. The zero-order valence-electron chi connectivity index (χ0n) is 16.6. The van der Waals surface area contributed by atoms with Gasteiger partial charge in [0.1, 0.15) is 6.61 Å². The molecule has 2 amide bonds. The Kier molecular flexibility index (Phi) is 5.65. The van der Waals surface area contributed by atoms with Crippen LogP contribution < -0.4 is 5.32 Å². The first-order valence-electron chi connectivity index (χ1n) is 10.2. The van der Waals surface area contributed by atoms with Crippen LogP contribution in [0.3, 0.4) is 0 Å². The maximum absolute atomic E-state index is 12.9. The molecule has 29 heavy (non-hydrogen) atoms. The maximum Gasteiger partial charge on any atom is 0.338 e. The van der Waals surface area contributed by atoms with Crippen LogP contribution in [0.2, 0.25) is 0 Å². The van der Waals surface area contributed by atoms with Crippen molar-refractivity contribution >= 4 is 12.0 Å². The van der Waals surface area contributed by atoms with E-state index in [4.69, 9.17) is 4.74 Å². The van der Waals surface area contributed by atoms with Crippen LogP contribution in [0, 0.1) is 0 Å². The second-order valence-electron chi connectivity index (χ2n) is 7.71. The number of esters is 1. The van der Waals surface area contributed by atoms with Crippen LogP contribution >= 0.6 is 0 Å². The fourth-order valence-electron chi connectivity index (χ4n) is 4.37. The third-order valence-electron chi connectivity index (χ3n) is 5.81. The smallest absolute Gasteiger partial charge is 0.338 e. The zero-order valence-corrected chi connectivity index (χ0v) is 16.6. The highest BCUT2D eigenvalue weighted by molar-refractivity contribution is 5.95. The molecule has 2 heterocycles. The van der Waals surface area contributed by atoms with Crippen molar-refractivity contribution in [2.24, 2.45) is 0 Å². The molecule has 2 atom stereocenters. The maximum atomic E-state index is 12.9. The minimum Gasteiger partial charge on any atom is -0.457 e. The van der Waals surface area contributed by atoms with Crippen LogP contribution in [0.5, 0.6) is 0 Å². The number of nitrogens with zero attached hydrogens (tertiary/aromatic N) is 1. The number of carbonyl (C=O) groups is 2. The molecule has 2 aliphatic heterocycles. The number of aryl methyl sites for hydroxylation is 1. The van der Waals surface area contributed by atoms with Gasteiger partial charge < -0.3 is 15.0 Å². The van der Waals surface area contributed by atoms with Gasteiger partial charge in [0.15, 0.2) is 0 Å². The zero-order chi connectivity index (χ0) is 20.2. The summed E-state index contributed by atoms with van der Waals surface area (Å²) in [5, 5.41) is 2.87. The molecule has 2 aromatic rings. The Morgan fingerprint density at radius 2 is 1.69 bits per heavy atom. The van der Waals surface area contributed by atoms with Crippen molar-refractivity contribution in [2.75, 3.05) is 0 Å². The van der Waals surface area contributed by atoms with Gasteiger partial charge in [-0.05, 0) is 43.7 Å². The number of allylic oxidation sites excluding steroid dienone is 1. The molecule has 0 unspecified atom stereocenters. The first-order chi connectivity index (χ1) is 14.1. The molecule has 4 rings (SSSR count). The van der Waals surface area contributed by atoms with Gasteiger partial charge in [0.05, 0.1) is 11.6 Å². The molecule has 1 fully saturated rings. The second kappa shape index (κ2) is 8.52. The van der Waals surface area contributed by atoms with Crippen molar-refractivity contribution in [2.45, 2.75) is 51.3 Å². The van der Waals surface area contributed by atoms with Crippen LogP contribution in [0.1, 0.15) is 37.3 Å². The van der Waals surface area contributed by atoms with Crippen LogP contribution in [-0.2, 0) is 22.6 Å². The molecule has 2 aromatic carbocycles. The van der Waals surface area contributed by atoms with Crippen LogP contribution in [-0.4, -0.2) is 29.0 Å². The average Bonchev–Trinajstić information content (AvgIpc) is 3.16. The van der Waals surface area contributed by atoms with Crippen LogP contribution in [0.4, 0.5) is 4.79 Å². The summed E-state index contributed by atoms with van der Waals surface area (Å²) < 4.78 is 5.57. The fourth-order valence-corrected chi connectivity index (χ4v) is 4.37. The average molecular weight is 390 g/mol. The van der Waals surface area contributed by atoms with E-state index in [0.29, 0.717) is 11.3 Å². The van der Waals surface area contributed by atoms with Crippen molar-refractivity contribution in [3.05, 3.63) is 83.1 Å². The molecular formula is C24H26N2O3. The van der Waals surface area contributed by atoms with Crippen molar-refractivity contribution in [3.8, 4) is 0 Å². The van der Waals surface area contributed by atoms with Crippen LogP contribution in [0.25, 0.3) is 0 Å². The lowest BCUT2D eigenvalue weighted by Gasteiger charge is -2.36. The van der Waals surface area contributed by atoms with E-state index in [1.807, 2.05) is 53.4 Å². The van der Waals surface area contributed by atoms with E-state index in [1.54, 1.807) is 6.92 Å². The van der Waals surface area contributed by atoms with Gasteiger partial charge >= 0.3 is 12.0 Å². The topological polar surface area (TPSA) is 58.6 Å². The standard InChI is InChI=1S/C24H26N2O3/c1-17-22(23(27)29-16-19-10-6-3-7-11-19)21-15-14-20(26(21)24(28)25-17)13-12-18-8-4-2-5-9-18/h2-11,20-21H,12-16H2,1H3,(H,25,28)/t20-,21+/m0/s1.